The summed E-state index contributed by atoms with van der Waals surface area (Å²) in [6.45, 7) is 4.30. The molecule has 3 nitrogen and oxygen atoms in total. The summed E-state index contributed by atoms with van der Waals surface area (Å²) < 4.78 is 0. The molecule has 0 atom stereocenters. The van der Waals surface area contributed by atoms with Gasteiger partial charge in [0.1, 0.15) is 0 Å². The standard InChI is InChI=1S/C18H19ClN2O/c1-12(2)14-6-3-13(4-7-14)5-10-18(22)21-17-9-8-15(19)11-16(17)20/h3-12H,20H2,1-2H3,(H,21,22)/b10-5+. The van der Waals surface area contributed by atoms with Crippen molar-refractivity contribution in [3.8, 4) is 0 Å². The molecule has 4 heteroatoms. The average molecular weight is 315 g/mol. The summed E-state index contributed by atoms with van der Waals surface area (Å²) in [5.41, 5.74) is 9.04. The van der Waals surface area contributed by atoms with Crippen molar-refractivity contribution in [1.82, 2.24) is 0 Å². The van der Waals surface area contributed by atoms with E-state index in [1.807, 2.05) is 12.1 Å². The van der Waals surface area contributed by atoms with Gasteiger partial charge in [-0.2, -0.15) is 0 Å². The van der Waals surface area contributed by atoms with Crippen LogP contribution < -0.4 is 11.1 Å². The van der Waals surface area contributed by atoms with Crippen LogP contribution in [0, 0.1) is 0 Å². The Bertz CT molecular complexity index is 691. The molecule has 0 aliphatic heterocycles. The first-order valence-corrected chi connectivity index (χ1v) is 7.47. The van der Waals surface area contributed by atoms with Crippen molar-refractivity contribution < 1.29 is 4.79 Å². The molecule has 0 aromatic heterocycles. The number of hydrogen-bond donors (Lipinski definition) is 2. The lowest BCUT2D eigenvalue weighted by Crippen LogP contribution is -2.09. The third kappa shape index (κ3) is 4.37. The molecule has 2 aromatic rings. The van der Waals surface area contributed by atoms with E-state index in [2.05, 4.69) is 31.3 Å². The maximum atomic E-state index is 11.9. The Labute approximate surface area is 135 Å². The molecule has 3 N–H and O–H groups in total. The molecule has 2 aromatic carbocycles. The van der Waals surface area contributed by atoms with Gasteiger partial charge in [-0.3, -0.25) is 4.79 Å². The van der Waals surface area contributed by atoms with Crippen molar-refractivity contribution in [3.05, 3.63) is 64.7 Å². The molecular formula is C18H19ClN2O. The van der Waals surface area contributed by atoms with Crippen LogP contribution in [0.25, 0.3) is 6.08 Å². The molecule has 0 fully saturated rings. The van der Waals surface area contributed by atoms with Gasteiger partial charge in [-0.05, 0) is 41.3 Å². The Morgan fingerprint density at radius 2 is 1.86 bits per heavy atom. The Morgan fingerprint density at radius 1 is 1.18 bits per heavy atom. The lowest BCUT2D eigenvalue weighted by atomic mass is 10.0. The van der Waals surface area contributed by atoms with E-state index in [1.165, 1.54) is 11.6 Å². The zero-order chi connectivity index (χ0) is 16.1. The highest BCUT2D eigenvalue weighted by Crippen LogP contribution is 2.22. The van der Waals surface area contributed by atoms with Crippen molar-refractivity contribution in [2.45, 2.75) is 19.8 Å². The molecule has 22 heavy (non-hydrogen) atoms. The number of hydrogen-bond acceptors (Lipinski definition) is 2. The van der Waals surface area contributed by atoms with E-state index in [0.29, 0.717) is 22.3 Å². The number of amides is 1. The number of benzene rings is 2. The number of carbonyl (C=O) groups is 1. The van der Waals surface area contributed by atoms with Crippen LogP contribution in [0.5, 0.6) is 0 Å². The van der Waals surface area contributed by atoms with Gasteiger partial charge in [0.25, 0.3) is 0 Å². The maximum absolute atomic E-state index is 11.9. The zero-order valence-electron chi connectivity index (χ0n) is 12.6. The molecule has 2 rings (SSSR count). The van der Waals surface area contributed by atoms with Gasteiger partial charge in [-0.25, -0.2) is 0 Å². The number of nitrogens with two attached hydrogens (primary N) is 1. The Balaban J connectivity index is 2.01. The van der Waals surface area contributed by atoms with E-state index in [9.17, 15) is 4.79 Å². The van der Waals surface area contributed by atoms with Crippen molar-refractivity contribution in [1.29, 1.82) is 0 Å². The predicted octanol–water partition coefficient (Wildman–Crippen LogP) is 4.70. The van der Waals surface area contributed by atoms with Crippen molar-refractivity contribution in [2.75, 3.05) is 11.1 Å². The molecule has 114 valence electrons. The van der Waals surface area contributed by atoms with Gasteiger partial charge in [-0.15, -0.1) is 0 Å². The Hall–Kier alpha value is -2.26. The summed E-state index contributed by atoms with van der Waals surface area (Å²) in [7, 11) is 0. The first kappa shape index (κ1) is 16.1. The van der Waals surface area contributed by atoms with Crippen LogP contribution in [0.4, 0.5) is 11.4 Å². The minimum absolute atomic E-state index is 0.234. The molecule has 0 unspecified atom stereocenters. The van der Waals surface area contributed by atoms with Gasteiger partial charge in [0.15, 0.2) is 0 Å². The molecule has 0 saturated carbocycles. The third-order valence-corrected chi connectivity index (χ3v) is 3.54. The number of nitrogens with one attached hydrogen (secondary N) is 1. The molecule has 0 radical (unpaired) electrons. The highest BCUT2D eigenvalue weighted by atomic mass is 35.5. The largest absolute Gasteiger partial charge is 0.397 e. The minimum atomic E-state index is -0.234. The third-order valence-electron chi connectivity index (χ3n) is 3.30. The van der Waals surface area contributed by atoms with E-state index in [1.54, 1.807) is 24.3 Å². The van der Waals surface area contributed by atoms with Crippen molar-refractivity contribution >= 4 is 35.0 Å². The zero-order valence-corrected chi connectivity index (χ0v) is 13.4. The van der Waals surface area contributed by atoms with E-state index >= 15 is 0 Å². The number of nitrogen functional groups attached to an aromatic ring is 1. The second-order valence-corrected chi connectivity index (χ2v) is 5.81. The summed E-state index contributed by atoms with van der Waals surface area (Å²) >= 11 is 5.82. The monoisotopic (exact) mass is 314 g/mol. The number of anilines is 2. The Kier molecular flexibility index (Phi) is 5.23. The van der Waals surface area contributed by atoms with Gasteiger partial charge in [0, 0.05) is 11.1 Å². The number of rotatable bonds is 4. The molecule has 0 aliphatic rings. The number of carbonyl (C=O) groups excluding carboxylic acids is 1. The van der Waals surface area contributed by atoms with Crippen LogP contribution in [-0.4, -0.2) is 5.91 Å². The summed E-state index contributed by atoms with van der Waals surface area (Å²) in [5.74, 6) is 0.260. The predicted molar refractivity (Wildman–Crippen MR) is 94.1 cm³/mol. The molecule has 0 saturated heterocycles. The normalized spacial score (nSPS) is 11.1. The second kappa shape index (κ2) is 7.14. The number of halogens is 1. The molecular weight excluding hydrogens is 296 g/mol. The van der Waals surface area contributed by atoms with Crippen LogP contribution in [0.3, 0.4) is 0 Å². The van der Waals surface area contributed by atoms with Gasteiger partial charge in [0.2, 0.25) is 5.91 Å². The lowest BCUT2D eigenvalue weighted by Gasteiger charge is -2.06. The van der Waals surface area contributed by atoms with Crippen LogP contribution in [0.15, 0.2) is 48.5 Å². The topological polar surface area (TPSA) is 55.1 Å². The van der Waals surface area contributed by atoms with Crippen LogP contribution in [0.2, 0.25) is 5.02 Å². The first-order chi connectivity index (χ1) is 10.5. The fourth-order valence-corrected chi connectivity index (χ4v) is 2.17. The van der Waals surface area contributed by atoms with Crippen molar-refractivity contribution in [2.24, 2.45) is 0 Å². The van der Waals surface area contributed by atoms with Gasteiger partial charge in [0.05, 0.1) is 11.4 Å². The van der Waals surface area contributed by atoms with Crippen LogP contribution in [-0.2, 0) is 4.79 Å². The van der Waals surface area contributed by atoms with E-state index in [0.717, 1.165) is 5.56 Å². The van der Waals surface area contributed by atoms with Gasteiger partial charge < -0.3 is 11.1 Å². The SMILES string of the molecule is CC(C)c1ccc(/C=C/C(=O)Nc2ccc(Cl)cc2N)cc1. The smallest absolute Gasteiger partial charge is 0.248 e. The Morgan fingerprint density at radius 3 is 2.45 bits per heavy atom. The summed E-state index contributed by atoms with van der Waals surface area (Å²) in [6.07, 6.45) is 3.25. The van der Waals surface area contributed by atoms with Gasteiger partial charge >= 0.3 is 0 Å². The molecule has 1 amide bonds. The fourth-order valence-electron chi connectivity index (χ4n) is 1.99. The quantitative estimate of drug-likeness (QED) is 0.635. The molecule has 0 heterocycles. The molecule has 0 aliphatic carbocycles. The van der Waals surface area contributed by atoms with Crippen molar-refractivity contribution in [3.63, 3.8) is 0 Å². The van der Waals surface area contributed by atoms with Crippen LogP contribution in [0.1, 0.15) is 30.9 Å². The molecule has 0 spiro atoms. The van der Waals surface area contributed by atoms with E-state index in [4.69, 9.17) is 17.3 Å². The second-order valence-electron chi connectivity index (χ2n) is 5.38. The summed E-state index contributed by atoms with van der Waals surface area (Å²) in [4.78, 5) is 11.9. The highest BCUT2D eigenvalue weighted by Gasteiger charge is 2.03. The minimum Gasteiger partial charge on any atom is -0.397 e. The van der Waals surface area contributed by atoms with E-state index < -0.39 is 0 Å². The van der Waals surface area contributed by atoms with Crippen LogP contribution >= 0.6 is 11.6 Å². The maximum Gasteiger partial charge on any atom is 0.248 e. The van der Waals surface area contributed by atoms with Gasteiger partial charge in [-0.1, -0.05) is 49.7 Å². The average Bonchev–Trinajstić information content (AvgIpc) is 2.48. The van der Waals surface area contributed by atoms with E-state index in [-0.39, 0.29) is 5.91 Å². The molecule has 0 bridgehead atoms. The highest BCUT2D eigenvalue weighted by molar-refractivity contribution is 6.31. The lowest BCUT2D eigenvalue weighted by molar-refractivity contribution is -0.111. The first-order valence-electron chi connectivity index (χ1n) is 7.10. The summed E-state index contributed by atoms with van der Waals surface area (Å²) in [5, 5.41) is 3.27. The fraction of sp³-hybridized carbons (Fsp3) is 0.167. The summed E-state index contributed by atoms with van der Waals surface area (Å²) in [6, 6.07) is 13.1.